The molecule has 1 aromatic carbocycles. The van der Waals surface area contributed by atoms with Crippen LogP contribution in [0.3, 0.4) is 0 Å². The zero-order valence-electron chi connectivity index (χ0n) is 29.6. The summed E-state index contributed by atoms with van der Waals surface area (Å²) in [6.07, 6.45) is -4.34. The second-order valence-corrected chi connectivity index (χ2v) is 13.3. The third-order valence-corrected chi connectivity index (χ3v) is 8.46. The van der Waals surface area contributed by atoms with Crippen LogP contribution in [0.25, 0.3) is 16.6 Å². The van der Waals surface area contributed by atoms with Gasteiger partial charge in [0.2, 0.25) is 11.8 Å². The van der Waals surface area contributed by atoms with Crippen LogP contribution in [-0.4, -0.2) is 104 Å². The van der Waals surface area contributed by atoms with Gasteiger partial charge in [-0.1, -0.05) is 13.8 Å². The van der Waals surface area contributed by atoms with Gasteiger partial charge in [-0.25, -0.2) is 14.1 Å². The van der Waals surface area contributed by atoms with Gasteiger partial charge in [0.25, 0.3) is 0 Å². The Balaban J connectivity index is 1.98. The number of allylic oxidation sites excluding steroid dienone is 1. The van der Waals surface area contributed by atoms with Crippen LogP contribution < -0.4 is 10.6 Å². The first kappa shape index (κ1) is 39.2. The number of halogens is 1. The van der Waals surface area contributed by atoms with Gasteiger partial charge in [0, 0.05) is 37.3 Å². The van der Waals surface area contributed by atoms with Gasteiger partial charge in [-0.3, -0.25) is 14.4 Å². The Morgan fingerprint density at radius 1 is 1.14 bits per heavy atom. The van der Waals surface area contributed by atoms with Crippen molar-refractivity contribution in [3.05, 3.63) is 40.8 Å². The molecule has 0 saturated carbocycles. The van der Waals surface area contributed by atoms with E-state index in [0.717, 1.165) is 41.3 Å². The molecule has 14 nitrogen and oxygen atoms in total. The van der Waals surface area contributed by atoms with Crippen molar-refractivity contribution in [2.24, 2.45) is 0 Å². The Bertz CT molecular complexity index is 1580. The fourth-order valence-electron chi connectivity index (χ4n) is 6.07. The van der Waals surface area contributed by atoms with Gasteiger partial charge in [0.1, 0.15) is 29.6 Å². The topological polar surface area (TPSA) is 194 Å². The van der Waals surface area contributed by atoms with Crippen molar-refractivity contribution < 1.29 is 48.4 Å². The molecule has 1 aromatic heterocycles. The molecule has 2 heterocycles. The summed E-state index contributed by atoms with van der Waals surface area (Å²) in [4.78, 5) is 57.2. The molecule has 3 unspecified atom stereocenters. The Hall–Kier alpha value is -4.21. The van der Waals surface area contributed by atoms with Crippen LogP contribution in [0.4, 0.5) is 9.18 Å². The summed E-state index contributed by atoms with van der Waals surface area (Å²) in [6.45, 7) is 12.7. The summed E-state index contributed by atoms with van der Waals surface area (Å²) in [5.41, 5.74) is 2.92. The van der Waals surface area contributed by atoms with E-state index >= 15 is 0 Å². The molecule has 1 aliphatic rings. The molecule has 6 N–H and O–H groups in total. The maximum atomic E-state index is 14.3. The number of aromatic amines is 1. The van der Waals surface area contributed by atoms with Crippen LogP contribution in [0.5, 0.6) is 0 Å². The number of fused-ring (bicyclic) bond motifs is 1. The van der Waals surface area contributed by atoms with Gasteiger partial charge in [0.05, 0.1) is 17.9 Å². The Kier molecular flexibility index (Phi) is 12.5. The second-order valence-electron chi connectivity index (χ2n) is 13.3. The largest absolute Gasteiger partial charge is 0.461 e. The highest BCUT2D eigenvalue weighted by Gasteiger charge is 2.45. The Labute approximate surface area is 285 Å². The molecular weight excluding hydrogens is 641 g/mol. The van der Waals surface area contributed by atoms with E-state index in [2.05, 4.69) is 15.6 Å². The van der Waals surface area contributed by atoms with E-state index in [1.165, 1.54) is 44.7 Å². The molecule has 2 aromatic rings. The van der Waals surface area contributed by atoms with Crippen molar-refractivity contribution in [3.63, 3.8) is 0 Å². The summed E-state index contributed by atoms with van der Waals surface area (Å²) in [5, 5.41) is 36.3. The van der Waals surface area contributed by atoms with Crippen LogP contribution in [0, 0.1) is 5.82 Å². The number of ether oxygens (including phenoxy) is 2. The molecular formula is C34H50FN5O9. The van der Waals surface area contributed by atoms with E-state index in [-0.39, 0.29) is 17.9 Å². The van der Waals surface area contributed by atoms with Crippen molar-refractivity contribution in [3.8, 4) is 0 Å². The van der Waals surface area contributed by atoms with E-state index in [9.17, 15) is 38.9 Å². The lowest BCUT2D eigenvalue weighted by Crippen LogP contribution is -2.62. The quantitative estimate of drug-likeness (QED) is 0.142. The molecule has 272 valence electrons. The summed E-state index contributed by atoms with van der Waals surface area (Å²) < 4.78 is 25.0. The number of likely N-dealkylation sites (tertiary alicyclic amines) is 1. The smallest absolute Gasteiger partial charge is 0.417 e. The summed E-state index contributed by atoms with van der Waals surface area (Å²) in [6, 6.07) is 1.09. The molecule has 3 rings (SSSR count). The molecule has 0 bridgehead atoms. The number of H-pyrrole nitrogens is 1. The van der Waals surface area contributed by atoms with Gasteiger partial charge < -0.3 is 45.3 Å². The molecule has 1 saturated heterocycles. The standard InChI is InChI=1S/C34H50FN5O9/c1-10-18(3)28(36-9)29-25(24-13-12-21(35)14-27(24)37-29)16-22-15-23(48-20(5)41)17-39(22)31(43)26(11-2)38-30(42)19(4)40(34(45,46)47)32(44)49-33(6,7)8/h12-14,19,22-23,26,36-37,45-47H,10-11,15-17H2,1-9H3,(H,38,42)/b28-18+/t19-,22?,23?,26?/m0/s1. The average molecular weight is 692 g/mol. The number of rotatable bonds is 12. The molecule has 1 fully saturated rings. The highest BCUT2D eigenvalue weighted by molar-refractivity contribution is 5.92. The fraction of sp³-hybridized carbons (Fsp3) is 0.588. The Morgan fingerprint density at radius 2 is 1.80 bits per heavy atom. The maximum absolute atomic E-state index is 14.3. The number of esters is 1. The van der Waals surface area contributed by atoms with Crippen LogP contribution in [0.2, 0.25) is 0 Å². The summed E-state index contributed by atoms with van der Waals surface area (Å²) >= 11 is 0. The van der Waals surface area contributed by atoms with Crippen LogP contribution in [-0.2, 0) is 30.3 Å². The van der Waals surface area contributed by atoms with E-state index in [0.29, 0.717) is 18.4 Å². The minimum atomic E-state index is -3.75. The van der Waals surface area contributed by atoms with Crippen molar-refractivity contribution in [1.29, 1.82) is 0 Å². The molecule has 49 heavy (non-hydrogen) atoms. The number of nitrogens with zero attached hydrogens (tertiary/aromatic N) is 2. The lowest BCUT2D eigenvalue weighted by atomic mass is 9.97. The second kappa shape index (κ2) is 15.6. The first-order valence-corrected chi connectivity index (χ1v) is 16.4. The van der Waals surface area contributed by atoms with Gasteiger partial charge in [-0.05, 0) is 83.2 Å². The van der Waals surface area contributed by atoms with Crippen molar-refractivity contribution >= 4 is 40.5 Å². The number of nitrogens with one attached hydrogen (secondary N) is 3. The molecule has 0 aliphatic carbocycles. The molecule has 1 aliphatic heterocycles. The minimum absolute atomic E-state index is 0.0388. The number of aromatic nitrogens is 1. The summed E-state index contributed by atoms with van der Waals surface area (Å²) in [5.74, 6) is -2.41. The molecule has 15 heteroatoms. The third kappa shape index (κ3) is 9.49. The van der Waals surface area contributed by atoms with Crippen LogP contribution in [0.15, 0.2) is 23.8 Å². The maximum Gasteiger partial charge on any atom is 0.417 e. The number of carbonyl (C=O) groups excluding carboxylic acids is 4. The molecule has 3 amide bonds. The lowest BCUT2D eigenvalue weighted by molar-refractivity contribution is -0.385. The fourth-order valence-corrected chi connectivity index (χ4v) is 6.07. The normalized spacial score (nSPS) is 18.4. The monoisotopic (exact) mass is 691 g/mol. The number of hydrogen-bond donors (Lipinski definition) is 6. The van der Waals surface area contributed by atoms with E-state index in [4.69, 9.17) is 9.47 Å². The van der Waals surface area contributed by atoms with Crippen LogP contribution in [0.1, 0.15) is 85.9 Å². The average Bonchev–Trinajstić information content (AvgIpc) is 3.53. The zero-order valence-corrected chi connectivity index (χ0v) is 29.6. The van der Waals surface area contributed by atoms with E-state index in [1.54, 1.807) is 20.0 Å². The predicted molar refractivity (Wildman–Crippen MR) is 179 cm³/mol. The lowest BCUT2D eigenvalue weighted by Gasteiger charge is -2.36. The SMILES string of the molecule is CC/C(C)=C(/NC)c1[nH]c2cc(F)ccc2c1CC1CC(OC(C)=O)CN1C(=O)C(CC)NC(=O)[C@H](C)N(C(=O)OC(C)(C)C)C(O)(O)O. The molecule has 0 radical (unpaired) electrons. The van der Waals surface area contributed by atoms with Crippen molar-refractivity contribution in [2.75, 3.05) is 13.6 Å². The highest BCUT2D eigenvalue weighted by Crippen LogP contribution is 2.34. The zero-order chi connectivity index (χ0) is 37.0. The van der Waals surface area contributed by atoms with Gasteiger partial charge in [-0.2, -0.15) is 0 Å². The number of carbonyl (C=O) groups is 4. The number of amides is 3. The number of hydrogen-bond acceptors (Lipinski definition) is 10. The van der Waals surface area contributed by atoms with Crippen molar-refractivity contribution in [1.82, 2.24) is 25.4 Å². The minimum Gasteiger partial charge on any atom is -0.461 e. The van der Waals surface area contributed by atoms with Gasteiger partial charge in [-0.15, -0.1) is 0 Å². The van der Waals surface area contributed by atoms with Gasteiger partial charge in [0.15, 0.2) is 0 Å². The third-order valence-electron chi connectivity index (χ3n) is 8.46. The molecule has 4 atom stereocenters. The van der Waals surface area contributed by atoms with E-state index < -0.39 is 65.6 Å². The first-order chi connectivity index (χ1) is 22.7. The Morgan fingerprint density at radius 3 is 2.33 bits per heavy atom. The van der Waals surface area contributed by atoms with Crippen LogP contribution >= 0.6 is 0 Å². The molecule has 0 spiro atoms. The number of aliphatic hydroxyl groups is 3. The van der Waals surface area contributed by atoms with E-state index in [1.807, 2.05) is 13.8 Å². The predicted octanol–water partition coefficient (Wildman–Crippen LogP) is 2.85. The summed E-state index contributed by atoms with van der Waals surface area (Å²) in [7, 11) is 1.79. The van der Waals surface area contributed by atoms with Crippen molar-refractivity contribution in [2.45, 2.75) is 117 Å². The highest BCUT2D eigenvalue weighted by atomic mass is 19.1. The van der Waals surface area contributed by atoms with Gasteiger partial charge >= 0.3 is 18.2 Å². The first-order valence-electron chi connectivity index (χ1n) is 16.4. The number of benzene rings is 1.